The molecule has 1 aliphatic heterocycles. The highest BCUT2D eigenvalue weighted by Gasteiger charge is 2.22. The van der Waals surface area contributed by atoms with E-state index < -0.39 is 0 Å². The van der Waals surface area contributed by atoms with Crippen molar-refractivity contribution in [2.45, 2.75) is 12.5 Å². The molecule has 2 aromatic heterocycles. The molecule has 2 aromatic carbocycles. The topological polar surface area (TPSA) is 55.6 Å². The fourth-order valence-corrected chi connectivity index (χ4v) is 3.58. The van der Waals surface area contributed by atoms with Gasteiger partial charge in [-0.1, -0.05) is 48.5 Å². The van der Waals surface area contributed by atoms with Crippen LogP contribution in [0.1, 0.15) is 16.1 Å². The van der Waals surface area contributed by atoms with Crippen LogP contribution in [0, 0.1) is 0 Å². The fourth-order valence-electron chi connectivity index (χ4n) is 3.58. The van der Waals surface area contributed by atoms with E-state index >= 15 is 0 Å². The van der Waals surface area contributed by atoms with E-state index in [1.165, 1.54) is 0 Å². The largest absolute Gasteiger partial charge is 0.491 e. The Hall–Kier alpha value is -3.60. The Labute approximate surface area is 162 Å². The van der Waals surface area contributed by atoms with Gasteiger partial charge in [0.15, 0.2) is 0 Å². The number of aromatic nitrogens is 2. The zero-order chi connectivity index (χ0) is 18.9. The van der Waals surface area contributed by atoms with Crippen molar-refractivity contribution in [1.82, 2.24) is 14.7 Å². The number of fused-ring (bicyclic) bond motifs is 2. The number of pyridine rings is 1. The SMILES string of the molecule is O=C(N[C@H]1COc2ccccc2C1)c1cn2cc(-c3ccccc3)ccc2n1. The second-order valence-electron chi connectivity index (χ2n) is 6.97. The molecule has 1 atom stereocenters. The number of hydrogen-bond donors (Lipinski definition) is 1. The minimum absolute atomic E-state index is 0.0629. The highest BCUT2D eigenvalue weighted by atomic mass is 16.5. The monoisotopic (exact) mass is 369 g/mol. The molecule has 138 valence electrons. The molecule has 1 aliphatic rings. The standard InChI is InChI=1S/C23H19N3O2/c27-23(24-19-12-17-8-4-5-9-21(17)28-15-19)20-14-26-13-18(10-11-22(26)25-20)16-6-2-1-3-7-16/h1-11,13-14,19H,12,15H2,(H,24,27)/t19-/m1/s1. The number of benzene rings is 2. The number of imidazole rings is 1. The van der Waals surface area contributed by atoms with Gasteiger partial charge in [0.05, 0.1) is 6.04 Å². The summed E-state index contributed by atoms with van der Waals surface area (Å²) in [7, 11) is 0. The summed E-state index contributed by atoms with van der Waals surface area (Å²) >= 11 is 0. The molecule has 5 rings (SSSR count). The van der Waals surface area contributed by atoms with Crippen LogP contribution < -0.4 is 10.1 Å². The number of hydrogen-bond acceptors (Lipinski definition) is 3. The molecule has 5 heteroatoms. The third-order valence-electron chi connectivity index (χ3n) is 5.00. The zero-order valence-electron chi connectivity index (χ0n) is 15.2. The van der Waals surface area contributed by atoms with Crippen molar-refractivity contribution in [3.8, 4) is 16.9 Å². The molecular weight excluding hydrogens is 350 g/mol. The molecule has 1 N–H and O–H groups in total. The molecule has 0 saturated heterocycles. The van der Waals surface area contributed by atoms with E-state index in [9.17, 15) is 4.79 Å². The van der Waals surface area contributed by atoms with Crippen molar-refractivity contribution < 1.29 is 9.53 Å². The van der Waals surface area contributed by atoms with Crippen molar-refractivity contribution in [3.63, 3.8) is 0 Å². The van der Waals surface area contributed by atoms with Crippen molar-refractivity contribution >= 4 is 11.6 Å². The van der Waals surface area contributed by atoms with E-state index in [0.717, 1.165) is 34.5 Å². The summed E-state index contributed by atoms with van der Waals surface area (Å²) in [5.74, 6) is 0.715. The maximum atomic E-state index is 12.7. The molecule has 4 aromatic rings. The molecule has 0 radical (unpaired) electrons. The van der Waals surface area contributed by atoms with Gasteiger partial charge in [-0.2, -0.15) is 0 Å². The van der Waals surface area contributed by atoms with Crippen LogP contribution in [0.5, 0.6) is 5.75 Å². The van der Waals surface area contributed by atoms with E-state index in [1.54, 1.807) is 6.20 Å². The Bertz CT molecular complexity index is 1150. The van der Waals surface area contributed by atoms with E-state index in [2.05, 4.69) is 22.4 Å². The molecular formula is C23H19N3O2. The number of rotatable bonds is 3. The third-order valence-corrected chi connectivity index (χ3v) is 5.00. The lowest BCUT2D eigenvalue weighted by Gasteiger charge is -2.25. The molecule has 0 bridgehead atoms. The van der Waals surface area contributed by atoms with Gasteiger partial charge >= 0.3 is 0 Å². The van der Waals surface area contributed by atoms with E-state index in [-0.39, 0.29) is 11.9 Å². The first-order valence-corrected chi connectivity index (χ1v) is 9.32. The number of nitrogens with one attached hydrogen (secondary N) is 1. The van der Waals surface area contributed by atoms with E-state index in [4.69, 9.17) is 4.74 Å². The summed E-state index contributed by atoms with van der Waals surface area (Å²) in [6.07, 6.45) is 4.52. The first-order valence-electron chi connectivity index (χ1n) is 9.32. The van der Waals surface area contributed by atoms with Crippen LogP contribution >= 0.6 is 0 Å². The number of carbonyl (C=O) groups is 1. The highest BCUT2D eigenvalue weighted by molar-refractivity contribution is 5.93. The van der Waals surface area contributed by atoms with Crippen LogP contribution in [0.2, 0.25) is 0 Å². The predicted molar refractivity (Wildman–Crippen MR) is 108 cm³/mol. The summed E-state index contributed by atoms with van der Waals surface area (Å²) in [4.78, 5) is 17.2. The molecule has 3 heterocycles. The highest BCUT2D eigenvalue weighted by Crippen LogP contribution is 2.24. The van der Waals surface area contributed by atoms with Crippen LogP contribution in [0.4, 0.5) is 0 Å². The molecule has 28 heavy (non-hydrogen) atoms. The van der Waals surface area contributed by atoms with E-state index in [0.29, 0.717) is 12.3 Å². The molecule has 5 nitrogen and oxygen atoms in total. The van der Waals surface area contributed by atoms with Crippen LogP contribution in [-0.4, -0.2) is 27.9 Å². The summed E-state index contributed by atoms with van der Waals surface area (Å²) in [5, 5.41) is 3.04. The van der Waals surface area contributed by atoms with Crippen molar-refractivity contribution in [2.75, 3.05) is 6.61 Å². The second kappa shape index (κ2) is 6.85. The van der Waals surface area contributed by atoms with Crippen molar-refractivity contribution in [2.24, 2.45) is 0 Å². The van der Waals surface area contributed by atoms with Crippen molar-refractivity contribution in [3.05, 3.63) is 90.4 Å². The number of carbonyl (C=O) groups excluding carboxylic acids is 1. The van der Waals surface area contributed by atoms with Crippen LogP contribution in [0.3, 0.4) is 0 Å². The maximum Gasteiger partial charge on any atom is 0.271 e. The lowest BCUT2D eigenvalue weighted by atomic mass is 10.0. The number of para-hydroxylation sites is 1. The molecule has 0 spiro atoms. The molecule has 0 fully saturated rings. The van der Waals surface area contributed by atoms with Crippen molar-refractivity contribution in [1.29, 1.82) is 0 Å². The van der Waals surface area contributed by atoms with Gasteiger partial charge in [-0.05, 0) is 41.3 Å². The summed E-state index contributed by atoms with van der Waals surface area (Å²) in [5.41, 5.74) is 4.47. The van der Waals surface area contributed by atoms with E-state index in [1.807, 2.05) is 65.2 Å². The summed E-state index contributed by atoms with van der Waals surface area (Å²) in [6, 6.07) is 22.0. The molecule has 0 aliphatic carbocycles. The minimum Gasteiger partial charge on any atom is -0.491 e. The Balaban J connectivity index is 1.35. The quantitative estimate of drug-likeness (QED) is 0.599. The average molecular weight is 369 g/mol. The Morgan fingerprint density at radius 2 is 1.79 bits per heavy atom. The van der Waals surface area contributed by atoms with Gasteiger partial charge in [0.2, 0.25) is 0 Å². The van der Waals surface area contributed by atoms with Crippen LogP contribution in [0.25, 0.3) is 16.8 Å². The van der Waals surface area contributed by atoms with Crippen LogP contribution in [0.15, 0.2) is 79.1 Å². The first kappa shape index (κ1) is 16.6. The molecule has 1 amide bonds. The lowest BCUT2D eigenvalue weighted by molar-refractivity contribution is 0.0911. The first-order chi connectivity index (χ1) is 13.8. The van der Waals surface area contributed by atoms with Gasteiger partial charge < -0.3 is 14.5 Å². The second-order valence-corrected chi connectivity index (χ2v) is 6.97. The summed E-state index contributed by atoms with van der Waals surface area (Å²) in [6.45, 7) is 0.467. The van der Waals surface area contributed by atoms with Gasteiger partial charge in [0.25, 0.3) is 5.91 Å². The lowest BCUT2D eigenvalue weighted by Crippen LogP contribution is -2.42. The Morgan fingerprint density at radius 3 is 2.68 bits per heavy atom. The zero-order valence-corrected chi connectivity index (χ0v) is 15.2. The van der Waals surface area contributed by atoms with Gasteiger partial charge in [0.1, 0.15) is 23.7 Å². The smallest absolute Gasteiger partial charge is 0.271 e. The third kappa shape index (κ3) is 3.11. The van der Waals surface area contributed by atoms with Crippen LogP contribution in [-0.2, 0) is 6.42 Å². The number of nitrogens with zero attached hydrogens (tertiary/aromatic N) is 2. The summed E-state index contributed by atoms with van der Waals surface area (Å²) < 4.78 is 7.65. The van der Waals surface area contributed by atoms with Gasteiger partial charge in [-0.15, -0.1) is 0 Å². The number of amides is 1. The minimum atomic E-state index is -0.182. The maximum absolute atomic E-state index is 12.7. The average Bonchev–Trinajstić information content (AvgIpc) is 3.18. The molecule has 0 saturated carbocycles. The number of ether oxygens (including phenoxy) is 1. The predicted octanol–water partition coefficient (Wildman–Crippen LogP) is 3.73. The normalized spacial score (nSPS) is 15.6. The fraction of sp³-hybridized carbons (Fsp3) is 0.130. The van der Waals surface area contributed by atoms with Gasteiger partial charge in [-0.3, -0.25) is 4.79 Å². The molecule has 0 unspecified atom stereocenters. The van der Waals surface area contributed by atoms with Gasteiger partial charge in [0, 0.05) is 12.4 Å². The van der Waals surface area contributed by atoms with Gasteiger partial charge in [-0.25, -0.2) is 4.98 Å². The Kier molecular flexibility index (Phi) is 4.05. The Morgan fingerprint density at radius 1 is 0.964 bits per heavy atom.